The summed E-state index contributed by atoms with van der Waals surface area (Å²) in [5.74, 6) is -0.267. The molecule has 6 heteroatoms. The van der Waals surface area contributed by atoms with Crippen molar-refractivity contribution in [2.45, 2.75) is 0 Å². The van der Waals surface area contributed by atoms with E-state index in [0.717, 1.165) is 11.3 Å². The van der Waals surface area contributed by atoms with Gasteiger partial charge in [-0.1, -0.05) is 23.7 Å². The van der Waals surface area contributed by atoms with Crippen molar-refractivity contribution in [2.24, 2.45) is 0 Å². The minimum Gasteiger partial charge on any atom is -0.345 e. The number of pyridine rings is 1. The van der Waals surface area contributed by atoms with Crippen molar-refractivity contribution in [1.29, 1.82) is 0 Å². The average molecular weight is 299 g/mol. The van der Waals surface area contributed by atoms with Crippen LogP contribution in [0.1, 0.15) is 10.4 Å². The third-order valence-electron chi connectivity index (χ3n) is 2.97. The van der Waals surface area contributed by atoms with E-state index in [-0.39, 0.29) is 5.91 Å². The van der Waals surface area contributed by atoms with Crippen LogP contribution >= 0.6 is 11.6 Å². The number of benzene rings is 1. The van der Waals surface area contributed by atoms with Crippen LogP contribution in [0.2, 0.25) is 5.02 Å². The Morgan fingerprint density at radius 2 is 1.90 bits per heavy atom. The van der Waals surface area contributed by atoms with Gasteiger partial charge in [0, 0.05) is 18.1 Å². The molecule has 21 heavy (non-hydrogen) atoms. The number of rotatable bonds is 3. The zero-order chi connectivity index (χ0) is 14.7. The molecule has 0 bridgehead atoms. The summed E-state index contributed by atoms with van der Waals surface area (Å²) in [4.78, 5) is 23.0. The van der Waals surface area contributed by atoms with Gasteiger partial charge >= 0.3 is 0 Å². The highest BCUT2D eigenvalue weighted by Crippen LogP contribution is 2.20. The summed E-state index contributed by atoms with van der Waals surface area (Å²) in [6.45, 7) is 0. The fraction of sp³-hybridized carbons (Fsp3) is 0. The third-order valence-corrected chi connectivity index (χ3v) is 3.27. The van der Waals surface area contributed by atoms with Crippen LogP contribution in [-0.2, 0) is 0 Å². The lowest BCUT2D eigenvalue weighted by atomic mass is 10.1. The fourth-order valence-corrected chi connectivity index (χ4v) is 2.11. The van der Waals surface area contributed by atoms with Crippen LogP contribution in [-0.4, -0.2) is 20.9 Å². The van der Waals surface area contributed by atoms with Crippen LogP contribution in [0.3, 0.4) is 0 Å². The molecule has 0 aliphatic heterocycles. The number of nitrogens with zero attached hydrogens (tertiary/aromatic N) is 2. The van der Waals surface area contributed by atoms with Crippen LogP contribution in [0.5, 0.6) is 0 Å². The summed E-state index contributed by atoms with van der Waals surface area (Å²) in [6, 6.07) is 9.03. The Balaban J connectivity index is 1.77. The van der Waals surface area contributed by atoms with E-state index in [2.05, 4.69) is 20.3 Å². The number of aromatic amines is 1. The van der Waals surface area contributed by atoms with Crippen LogP contribution in [0.4, 0.5) is 5.69 Å². The normalized spacial score (nSPS) is 10.3. The van der Waals surface area contributed by atoms with E-state index in [4.69, 9.17) is 11.6 Å². The minimum absolute atomic E-state index is 0.267. The van der Waals surface area contributed by atoms with Crippen molar-refractivity contribution in [1.82, 2.24) is 15.0 Å². The number of hydrogen-bond acceptors (Lipinski definition) is 3. The molecule has 2 N–H and O–H groups in total. The monoisotopic (exact) mass is 298 g/mol. The van der Waals surface area contributed by atoms with Gasteiger partial charge in [0.1, 0.15) is 0 Å². The highest BCUT2D eigenvalue weighted by atomic mass is 35.5. The van der Waals surface area contributed by atoms with E-state index in [1.165, 1.54) is 12.4 Å². The molecule has 0 spiro atoms. The molecule has 0 saturated heterocycles. The number of carbonyl (C=O) groups is 1. The summed E-state index contributed by atoms with van der Waals surface area (Å²) >= 11 is 5.94. The predicted octanol–water partition coefficient (Wildman–Crippen LogP) is 3.38. The number of anilines is 1. The lowest BCUT2D eigenvalue weighted by Gasteiger charge is -2.07. The van der Waals surface area contributed by atoms with Crippen LogP contribution < -0.4 is 5.32 Å². The standard InChI is InChI=1S/C15H11ClN4O/c16-13-7-17-6-5-12(13)15(21)20-11-3-1-10(2-4-11)14-8-18-9-19-14/h1-9H,(H,18,19)(H,20,21). The summed E-state index contributed by atoms with van der Waals surface area (Å²) in [6.07, 6.45) is 6.33. The molecule has 1 amide bonds. The van der Waals surface area contributed by atoms with Gasteiger partial charge in [0.25, 0.3) is 5.91 Å². The average Bonchev–Trinajstić information content (AvgIpc) is 3.02. The smallest absolute Gasteiger partial charge is 0.257 e. The Morgan fingerprint density at radius 1 is 1.10 bits per heavy atom. The molecule has 5 nitrogen and oxygen atoms in total. The topological polar surface area (TPSA) is 70.7 Å². The van der Waals surface area contributed by atoms with E-state index in [1.807, 2.05) is 24.3 Å². The maximum atomic E-state index is 12.1. The van der Waals surface area contributed by atoms with Gasteiger partial charge in [0.2, 0.25) is 0 Å². The second-order valence-corrected chi connectivity index (χ2v) is 4.76. The molecule has 0 unspecified atom stereocenters. The maximum absolute atomic E-state index is 12.1. The van der Waals surface area contributed by atoms with Gasteiger partial charge in [-0.3, -0.25) is 9.78 Å². The van der Waals surface area contributed by atoms with Gasteiger partial charge in [-0.25, -0.2) is 4.98 Å². The summed E-state index contributed by atoms with van der Waals surface area (Å²) in [7, 11) is 0. The summed E-state index contributed by atoms with van der Waals surface area (Å²) in [5.41, 5.74) is 3.00. The lowest BCUT2D eigenvalue weighted by Crippen LogP contribution is -2.12. The van der Waals surface area contributed by atoms with Crippen molar-refractivity contribution in [3.05, 3.63) is 65.8 Å². The molecule has 0 atom stereocenters. The van der Waals surface area contributed by atoms with E-state index in [1.54, 1.807) is 18.6 Å². The van der Waals surface area contributed by atoms with E-state index in [0.29, 0.717) is 16.3 Å². The Labute approximate surface area is 126 Å². The van der Waals surface area contributed by atoms with Crippen molar-refractivity contribution < 1.29 is 4.79 Å². The number of H-pyrrole nitrogens is 1. The van der Waals surface area contributed by atoms with Crippen molar-refractivity contribution in [2.75, 3.05) is 5.32 Å². The molecule has 0 aliphatic carbocycles. The molecular weight excluding hydrogens is 288 g/mol. The quantitative estimate of drug-likeness (QED) is 0.778. The third kappa shape index (κ3) is 2.93. The van der Waals surface area contributed by atoms with Crippen LogP contribution in [0.25, 0.3) is 11.3 Å². The number of halogens is 1. The second-order valence-electron chi connectivity index (χ2n) is 4.35. The number of hydrogen-bond donors (Lipinski definition) is 2. The first-order chi connectivity index (χ1) is 10.2. The van der Waals surface area contributed by atoms with Gasteiger partial charge in [-0.2, -0.15) is 0 Å². The first-order valence-electron chi connectivity index (χ1n) is 6.24. The summed E-state index contributed by atoms with van der Waals surface area (Å²) in [5, 5.41) is 3.12. The number of amides is 1. The number of aromatic nitrogens is 3. The zero-order valence-electron chi connectivity index (χ0n) is 10.9. The molecule has 0 saturated carbocycles. The molecule has 3 aromatic rings. The van der Waals surface area contributed by atoms with Crippen molar-refractivity contribution in [3.8, 4) is 11.3 Å². The Bertz CT molecular complexity index is 754. The highest BCUT2D eigenvalue weighted by molar-refractivity contribution is 6.34. The van der Waals surface area contributed by atoms with Crippen LogP contribution in [0, 0.1) is 0 Å². The highest BCUT2D eigenvalue weighted by Gasteiger charge is 2.10. The molecule has 0 radical (unpaired) electrons. The lowest BCUT2D eigenvalue weighted by molar-refractivity contribution is 0.102. The molecule has 104 valence electrons. The second kappa shape index (κ2) is 5.76. The molecule has 0 aliphatic rings. The van der Waals surface area contributed by atoms with Gasteiger partial charge in [0.05, 0.1) is 28.8 Å². The van der Waals surface area contributed by atoms with Gasteiger partial charge in [-0.15, -0.1) is 0 Å². The Hall–Kier alpha value is -2.66. The van der Waals surface area contributed by atoms with Gasteiger partial charge < -0.3 is 10.3 Å². The SMILES string of the molecule is O=C(Nc1ccc(-c2cnc[nH]2)cc1)c1ccncc1Cl. The molecule has 2 aromatic heterocycles. The van der Waals surface area contributed by atoms with Crippen molar-refractivity contribution in [3.63, 3.8) is 0 Å². The van der Waals surface area contributed by atoms with Crippen LogP contribution in [0.15, 0.2) is 55.2 Å². The largest absolute Gasteiger partial charge is 0.345 e. The number of imidazole rings is 1. The first kappa shape index (κ1) is 13.3. The molecule has 2 heterocycles. The molecule has 0 fully saturated rings. The van der Waals surface area contributed by atoms with E-state index >= 15 is 0 Å². The molecule has 1 aromatic carbocycles. The fourth-order valence-electron chi connectivity index (χ4n) is 1.90. The minimum atomic E-state index is -0.267. The predicted molar refractivity (Wildman–Crippen MR) is 81.2 cm³/mol. The first-order valence-corrected chi connectivity index (χ1v) is 6.61. The van der Waals surface area contributed by atoms with Gasteiger partial charge in [0.15, 0.2) is 0 Å². The maximum Gasteiger partial charge on any atom is 0.257 e. The zero-order valence-corrected chi connectivity index (χ0v) is 11.6. The number of carbonyl (C=O) groups excluding carboxylic acids is 1. The summed E-state index contributed by atoms with van der Waals surface area (Å²) < 4.78 is 0. The Kier molecular flexibility index (Phi) is 3.66. The number of nitrogens with one attached hydrogen (secondary N) is 2. The van der Waals surface area contributed by atoms with E-state index < -0.39 is 0 Å². The van der Waals surface area contributed by atoms with E-state index in [9.17, 15) is 4.79 Å². The molecular formula is C15H11ClN4O. The van der Waals surface area contributed by atoms with Crippen molar-refractivity contribution >= 4 is 23.2 Å². The van der Waals surface area contributed by atoms with Gasteiger partial charge in [-0.05, 0) is 23.8 Å². The Morgan fingerprint density at radius 3 is 2.57 bits per heavy atom. The molecule has 3 rings (SSSR count).